The van der Waals surface area contributed by atoms with Gasteiger partial charge in [-0.2, -0.15) is 0 Å². The molecule has 60 valence electrons. The number of halogens is 2. The molecule has 0 radical (unpaired) electrons. The fraction of sp³-hybridized carbons (Fsp3) is 0.800. The van der Waals surface area contributed by atoms with Gasteiger partial charge in [-0.25, -0.2) is 0 Å². The molecule has 0 aromatic rings. The van der Waals surface area contributed by atoms with Crippen LogP contribution in [0.4, 0.5) is 0 Å². The molecule has 2 rings (SSSR count). The van der Waals surface area contributed by atoms with Gasteiger partial charge in [-0.1, -0.05) is 0 Å². The third-order valence-corrected chi connectivity index (χ3v) is 5.13. The number of hydrogen-bond acceptors (Lipinski definition) is 3. The number of nitrogens with one attached hydrogen (secondary N) is 1. The number of rotatable bonds is 0. The van der Waals surface area contributed by atoms with Crippen LogP contribution in [0.3, 0.4) is 0 Å². The van der Waals surface area contributed by atoms with E-state index in [1.165, 1.54) is 27.9 Å². The van der Waals surface area contributed by atoms with E-state index < -0.39 is 0 Å². The molecule has 2 heterocycles. The zero-order valence-electron chi connectivity index (χ0n) is 5.48. The molecule has 0 aromatic carbocycles. The minimum absolute atomic E-state index is 0.170. The Morgan fingerprint density at radius 1 is 1.40 bits per heavy atom. The quantitative estimate of drug-likeness (QED) is 0.263. The standard InChI is InChI=1S/C5H9I2N3/c1-3-10-4-2-7-9-5(10)8-6-1/h1-4H2,(H,8,9)/q-2. The van der Waals surface area contributed by atoms with Gasteiger partial charge in [0, 0.05) is 0 Å². The topological polar surface area (TPSA) is 27.6 Å². The first kappa shape index (κ1) is 7.38. The van der Waals surface area contributed by atoms with Gasteiger partial charge in [-0.05, 0) is 0 Å². The van der Waals surface area contributed by atoms with Crippen LogP contribution in [0.15, 0.2) is 3.21 Å². The van der Waals surface area contributed by atoms with Crippen molar-refractivity contribution in [2.45, 2.75) is 0 Å². The number of hydrogen-bond donors (Lipinski definition) is 1. The Balaban J connectivity index is 2.08. The molecule has 0 atom stereocenters. The molecular formula is C5H9I2N3-2. The van der Waals surface area contributed by atoms with Gasteiger partial charge >= 0.3 is 82.5 Å². The van der Waals surface area contributed by atoms with E-state index in [1.54, 1.807) is 0 Å². The molecule has 2 aliphatic heterocycles. The summed E-state index contributed by atoms with van der Waals surface area (Å²) in [7, 11) is 0. The second-order valence-corrected chi connectivity index (χ2v) is 6.75. The van der Waals surface area contributed by atoms with Crippen molar-refractivity contribution in [3.8, 4) is 0 Å². The molecule has 3 nitrogen and oxygen atoms in total. The number of guanidine groups is 1. The van der Waals surface area contributed by atoms with Crippen molar-refractivity contribution in [3.63, 3.8) is 0 Å². The summed E-state index contributed by atoms with van der Waals surface area (Å²) in [4.78, 5) is 2.40. The average Bonchev–Trinajstić information content (AvgIpc) is 2.05. The van der Waals surface area contributed by atoms with Crippen molar-refractivity contribution >= 4 is 5.96 Å². The van der Waals surface area contributed by atoms with E-state index in [0.717, 1.165) is 0 Å². The van der Waals surface area contributed by atoms with Crippen LogP contribution in [0, 0.1) is 0 Å². The second-order valence-electron chi connectivity index (χ2n) is 2.12. The summed E-state index contributed by atoms with van der Waals surface area (Å²) in [5, 5.41) is 0. The summed E-state index contributed by atoms with van der Waals surface area (Å²) < 4.78 is 10.7. The summed E-state index contributed by atoms with van der Waals surface area (Å²) >= 11 is 0.434. The number of alkyl halides is 2. The monoisotopic (exact) mass is 365 g/mol. The zero-order chi connectivity index (χ0) is 6.81. The van der Waals surface area contributed by atoms with E-state index in [4.69, 9.17) is 0 Å². The Bertz CT molecular complexity index is 159. The SMILES string of the molecule is C1CN2CC[I-]NC2=N[I-]1. The minimum atomic E-state index is 0.170. The summed E-state index contributed by atoms with van der Waals surface area (Å²) in [5.41, 5.74) is 0. The molecule has 0 amide bonds. The van der Waals surface area contributed by atoms with Crippen molar-refractivity contribution in [3.05, 3.63) is 0 Å². The summed E-state index contributed by atoms with van der Waals surface area (Å²) in [6.07, 6.45) is 0. The Morgan fingerprint density at radius 3 is 3.20 bits per heavy atom. The van der Waals surface area contributed by atoms with Gasteiger partial charge in [0.15, 0.2) is 0 Å². The van der Waals surface area contributed by atoms with Gasteiger partial charge in [-0.15, -0.1) is 0 Å². The first-order valence-corrected chi connectivity index (χ1v) is 8.32. The van der Waals surface area contributed by atoms with Crippen molar-refractivity contribution < 1.29 is 43.0 Å². The predicted octanol–water partition coefficient (Wildman–Crippen LogP) is -6.73. The summed E-state index contributed by atoms with van der Waals surface area (Å²) in [5.74, 6) is 1.23. The normalized spacial score (nSPS) is 26.4. The first-order chi connectivity index (χ1) is 4.97. The second kappa shape index (κ2) is 3.42. The van der Waals surface area contributed by atoms with E-state index >= 15 is 0 Å². The predicted molar refractivity (Wildman–Crippen MR) is 31.9 cm³/mol. The van der Waals surface area contributed by atoms with Crippen LogP contribution < -0.4 is 46.5 Å². The van der Waals surface area contributed by atoms with Crippen molar-refractivity contribution in [1.29, 1.82) is 0 Å². The maximum absolute atomic E-state index is 4.52. The molecule has 0 spiro atoms. The Hall–Kier alpha value is 0.730. The molecule has 0 aliphatic carbocycles. The van der Waals surface area contributed by atoms with E-state index in [-0.39, 0.29) is 43.0 Å². The van der Waals surface area contributed by atoms with Crippen LogP contribution in [0.25, 0.3) is 0 Å². The first-order valence-electron chi connectivity index (χ1n) is 3.22. The Morgan fingerprint density at radius 2 is 2.30 bits per heavy atom. The fourth-order valence-corrected chi connectivity index (χ4v) is 5.09. The van der Waals surface area contributed by atoms with Crippen LogP contribution in [-0.2, 0) is 0 Å². The molecule has 0 bridgehead atoms. The summed E-state index contributed by atoms with van der Waals surface area (Å²) in [6.45, 7) is 2.53. The third-order valence-electron chi connectivity index (χ3n) is 1.48. The fourth-order valence-electron chi connectivity index (χ4n) is 0.943. The molecule has 2 aliphatic rings. The molecule has 0 unspecified atom stereocenters. The molecule has 1 fully saturated rings. The van der Waals surface area contributed by atoms with Crippen LogP contribution in [0.5, 0.6) is 0 Å². The van der Waals surface area contributed by atoms with E-state index in [9.17, 15) is 0 Å². The molecule has 1 N–H and O–H groups in total. The van der Waals surface area contributed by atoms with Gasteiger partial charge in [0.05, 0.1) is 0 Å². The van der Waals surface area contributed by atoms with Gasteiger partial charge in [0.2, 0.25) is 0 Å². The Kier molecular flexibility index (Phi) is 2.52. The number of nitrogens with zero attached hydrogens (tertiary/aromatic N) is 2. The zero-order valence-corrected chi connectivity index (χ0v) is 9.79. The Labute approximate surface area is 81.9 Å². The van der Waals surface area contributed by atoms with Gasteiger partial charge in [0.1, 0.15) is 0 Å². The molecule has 0 aromatic heterocycles. The van der Waals surface area contributed by atoms with Crippen LogP contribution in [0.1, 0.15) is 0 Å². The number of fused-ring (bicyclic) bond motifs is 1. The maximum atomic E-state index is 4.52. The van der Waals surface area contributed by atoms with Gasteiger partial charge in [0.25, 0.3) is 0 Å². The molecule has 10 heavy (non-hydrogen) atoms. The average molecular weight is 365 g/mol. The van der Waals surface area contributed by atoms with Crippen molar-refractivity contribution in [1.82, 2.24) is 8.43 Å². The van der Waals surface area contributed by atoms with E-state index in [2.05, 4.69) is 11.6 Å². The molecule has 1 saturated heterocycles. The van der Waals surface area contributed by atoms with E-state index in [1.807, 2.05) is 0 Å². The van der Waals surface area contributed by atoms with Crippen LogP contribution in [0.2, 0.25) is 0 Å². The van der Waals surface area contributed by atoms with Crippen molar-refractivity contribution in [2.75, 3.05) is 21.9 Å². The summed E-state index contributed by atoms with van der Waals surface area (Å²) in [6, 6.07) is 0. The molecule has 5 heteroatoms. The molecular weight excluding hydrogens is 356 g/mol. The van der Waals surface area contributed by atoms with Gasteiger partial charge in [-0.3, -0.25) is 0 Å². The van der Waals surface area contributed by atoms with Crippen molar-refractivity contribution in [2.24, 2.45) is 3.21 Å². The van der Waals surface area contributed by atoms with Crippen LogP contribution in [-0.4, -0.2) is 32.8 Å². The van der Waals surface area contributed by atoms with Crippen LogP contribution >= 0.6 is 0 Å². The van der Waals surface area contributed by atoms with Gasteiger partial charge < -0.3 is 0 Å². The van der Waals surface area contributed by atoms with E-state index in [0.29, 0.717) is 0 Å². The molecule has 0 saturated carbocycles. The third kappa shape index (κ3) is 1.49.